The van der Waals surface area contributed by atoms with Crippen LogP contribution >= 0.6 is 0 Å². The molecule has 0 amide bonds. The number of rotatable bonds is 8. The highest BCUT2D eigenvalue weighted by Gasteiger charge is 2.27. The second-order valence-electron chi connectivity index (χ2n) is 3.35. The standard InChI is InChI=1S/C11H16O4/c1-3-5-8(7-10(12)13)9(6-4-2)11(14)15/h3-4,8-9H,1-2,5-7H2,(H,12,13)(H,14,15). The number of hydrogen-bond donors (Lipinski definition) is 2. The Hall–Kier alpha value is -1.58. The van der Waals surface area contributed by atoms with Gasteiger partial charge >= 0.3 is 11.9 Å². The Balaban J connectivity index is 4.64. The summed E-state index contributed by atoms with van der Waals surface area (Å²) in [6.45, 7) is 6.97. The van der Waals surface area contributed by atoms with Crippen LogP contribution in [0.15, 0.2) is 25.3 Å². The molecule has 4 nitrogen and oxygen atoms in total. The molecule has 0 bridgehead atoms. The van der Waals surface area contributed by atoms with Crippen molar-refractivity contribution in [1.29, 1.82) is 0 Å². The molecule has 0 saturated carbocycles. The van der Waals surface area contributed by atoms with E-state index in [2.05, 4.69) is 13.2 Å². The van der Waals surface area contributed by atoms with Gasteiger partial charge in [-0.2, -0.15) is 0 Å². The minimum atomic E-state index is -0.989. The van der Waals surface area contributed by atoms with Gasteiger partial charge in [-0.1, -0.05) is 12.2 Å². The molecule has 84 valence electrons. The van der Waals surface area contributed by atoms with Gasteiger partial charge in [-0.05, 0) is 18.8 Å². The van der Waals surface area contributed by atoms with E-state index in [-0.39, 0.29) is 12.8 Å². The molecule has 0 radical (unpaired) electrons. The van der Waals surface area contributed by atoms with Crippen LogP contribution < -0.4 is 0 Å². The largest absolute Gasteiger partial charge is 0.481 e. The Bertz CT molecular complexity index is 257. The lowest BCUT2D eigenvalue weighted by Crippen LogP contribution is -2.25. The topological polar surface area (TPSA) is 74.6 Å². The minimum absolute atomic E-state index is 0.156. The third-order valence-electron chi connectivity index (χ3n) is 2.21. The van der Waals surface area contributed by atoms with E-state index in [0.717, 1.165) is 0 Å². The van der Waals surface area contributed by atoms with Crippen LogP contribution in [0.4, 0.5) is 0 Å². The second kappa shape index (κ2) is 6.81. The molecule has 2 atom stereocenters. The molecule has 0 fully saturated rings. The molecule has 0 spiro atoms. The fourth-order valence-electron chi connectivity index (χ4n) is 1.50. The van der Waals surface area contributed by atoms with E-state index in [0.29, 0.717) is 6.42 Å². The fourth-order valence-corrected chi connectivity index (χ4v) is 1.50. The molecule has 0 aliphatic carbocycles. The summed E-state index contributed by atoms with van der Waals surface area (Å²) in [5.74, 6) is -3.09. The maximum atomic E-state index is 10.9. The predicted octanol–water partition coefficient (Wildman–Crippen LogP) is 1.93. The third kappa shape index (κ3) is 5.00. The molecular weight excluding hydrogens is 196 g/mol. The lowest BCUT2D eigenvalue weighted by Gasteiger charge is -2.19. The first-order chi connectivity index (χ1) is 7.02. The van der Waals surface area contributed by atoms with Gasteiger partial charge in [0.05, 0.1) is 5.92 Å². The highest BCUT2D eigenvalue weighted by atomic mass is 16.4. The molecule has 0 aliphatic heterocycles. The summed E-state index contributed by atoms with van der Waals surface area (Å²) in [5, 5.41) is 17.6. The van der Waals surface area contributed by atoms with Gasteiger partial charge in [0.1, 0.15) is 0 Å². The Morgan fingerprint density at radius 3 is 2.00 bits per heavy atom. The molecule has 0 aromatic carbocycles. The first-order valence-corrected chi connectivity index (χ1v) is 4.69. The summed E-state index contributed by atoms with van der Waals surface area (Å²) in [5.41, 5.74) is 0. The van der Waals surface area contributed by atoms with Crippen molar-refractivity contribution in [3.8, 4) is 0 Å². The van der Waals surface area contributed by atoms with E-state index in [4.69, 9.17) is 10.2 Å². The van der Waals surface area contributed by atoms with Crippen LogP contribution in [0, 0.1) is 11.8 Å². The molecule has 0 saturated heterocycles. The maximum absolute atomic E-state index is 10.9. The zero-order valence-corrected chi connectivity index (χ0v) is 8.56. The van der Waals surface area contributed by atoms with E-state index in [1.165, 1.54) is 6.08 Å². The smallest absolute Gasteiger partial charge is 0.307 e. The maximum Gasteiger partial charge on any atom is 0.307 e. The van der Waals surface area contributed by atoms with Crippen LogP contribution in [0.5, 0.6) is 0 Å². The number of aliphatic carboxylic acids is 2. The quantitative estimate of drug-likeness (QED) is 0.603. The summed E-state index contributed by atoms with van der Waals surface area (Å²) < 4.78 is 0. The molecule has 0 rings (SSSR count). The molecule has 0 aromatic heterocycles. The van der Waals surface area contributed by atoms with Gasteiger partial charge in [0.15, 0.2) is 0 Å². The Morgan fingerprint density at radius 1 is 1.13 bits per heavy atom. The molecule has 0 aliphatic rings. The van der Waals surface area contributed by atoms with Gasteiger partial charge in [0.2, 0.25) is 0 Å². The Kier molecular flexibility index (Phi) is 6.09. The summed E-state index contributed by atoms with van der Waals surface area (Å²) >= 11 is 0. The number of carbonyl (C=O) groups is 2. The van der Waals surface area contributed by atoms with Crippen molar-refractivity contribution >= 4 is 11.9 Å². The van der Waals surface area contributed by atoms with Gasteiger partial charge in [-0.3, -0.25) is 9.59 Å². The average Bonchev–Trinajstić information content (AvgIpc) is 2.12. The second-order valence-corrected chi connectivity index (χ2v) is 3.35. The van der Waals surface area contributed by atoms with Crippen LogP contribution in [-0.2, 0) is 9.59 Å². The van der Waals surface area contributed by atoms with E-state index in [9.17, 15) is 9.59 Å². The molecule has 0 heterocycles. The minimum Gasteiger partial charge on any atom is -0.481 e. The first-order valence-electron chi connectivity index (χ1n) is 4.69. The van der Waals surface area contributed by atoms with Crippen molar-refractivity contribution in [3.05, 3.63) is 25.3 Å². The van der Waals surface area contributed by atoms with E-state index in [1.54, 1.807) is 6.08 Å². The number of carboxylic acids is 2. The van der Waals surface area contributed by atoms with Crippen molar-refractivity contribution < 1.29 is 19.8 Å². The number of allylic oxidation sites excluding steroid dienone is 2. The highest BCUT2D eigenvalue weighted by molar-refractivity contribution is 5.73. The van der Waals surface area contributed by atoms with Crippen molar-refractivity contribution in [2.75, 3.05) is 0 Å². The first kappa shape index (κ1) is 13.4. The van der Waals surface area contributed by atoms with Gasteiger partial charge in [0, 0.05) is 6.42 Å². The zero-order chi connectivity index (χ0) is 11.8. The molecule has 4 heteroatoms. The molecular formula is C11H16O4. The van der Waals surface area contributed by atoms with Crippen LogP contribution in [0.2, 0.25) is 0 Å². The lowest BCUT2D eigenvalue weighted by atomic mass is 9.84. The van der Waals surface area contributed by atoms with E-state index >= 15 is 0 Å². The fraction of sp³-hybridized carbons (Fsp3) is 0.455. The SMILES string of the molecule is C=CCC(CC(=O)O)C(CC=C)C(=O)O. The van der Waals surface area contributed by atoms with Crippen molar-refractivity contribution in [2.24, 2.45) is 11.8 Å². The molecule has 15 heavy (non-hydrogen) atoms. The average molecular weight is 212 g/mol. The monoisotopic (exact) mass is 212 g/mol. The molecule has 2 N–H and O–H groups in total. The summed E-state index contributed by atoms with van der Waals surface area (Å²) in [7, 11) is 0. The molecule has 0 aromatic rings. The summed E-state index contributed by atoms with van der Waals surface area (Å²) in [4.78, 5) is 21.5. The number of carboxylic acid groups (broad SMARTS) is 2. The predicted molar refractivity (Wildman–Crippen MR) is 56.5 cm³/mol. The van der Waals surface area contributed by atoms with Crippen molar-refractivity contribution in [1.82, 2.24) is 0 Å². The van der Waals surface area contributed by atoms with Gasteiger partial charge in [-0.25, -0.2) is 0 Å². The van der Waals surface area contributed by atoms with Crippen LogP contribution in [0.1, 0.15) is 19.3 Å². The summed E-state index contributed by atoms with van der Waals surface area (Å²) in [6, 6.07) is 0. The third-order valence-corrected chi connectivity index (χ3v) is 2.21. The van der Waals surface area contributed by atoms with Crippen LogP contribution in [-0.4, -0.2) is 22.2 Å². The molecule has 2 unspecified atom stereocenters. The van der Waals surface area contributed by atoms with Crippen molar-refractivity contribution in [2.45, 2.75) is 19.3 Å². The highest BCUT2D eigenvalue weighted by Crippen LogP contribution is 2.24. The van der Waals surface area contributed by atoms with Crippen LogP contribution in [0.3, 0.4) is 0 Å². The summed E-state index contributed by atoms with van der Waals surface area (Å²) in [6.07, 6.45) is 3.55. The van der Waals surface area contributed by atoms with E-state index < -0.39 is 23.8 Å². The zero-order valence-electron chi connectivity index (χ0n) is 8.56. The van der Waals surface area contributed by atoms with Gasteiger partial charge < -0.3 is 10.2 Å². The van der Waals surface area contributed by atoms with Crippen molar-refractivity contribution in [3.63, 3.8) is 0 Å². The normalized spacial score (nSPS) is 13.9. The van der Waals surface area contributed by atoms with E-state index in [1.807, 2.05) is 0 Å². The Morgan fingerprint density at radius 2 is 1.67 bits per heavy atom. The lowest BCUT2D eigenvalue weighted by molar-refractivity contribution is -0.145. The van der Waals surface area contributed by atoms with Gasteiger partial charge in [0.25, 0.3) is 0 Å². The van der Waals surface area contributed by atoms with Gasteiger partial charge in [-0.15, -0.1) is 13.2 Å². The van der Waals surface area contributed by atoms with Crippen LogP contribution in [0.25, 0.3) is 0 Å². The number of hydrogen-bond acceptors (Lipinski definition) is 2. The Labute approximate surface area is 88.9 Å².